The molecule has 0 fully saturated rings. The number of halogens is 2. The summed E-state index contributed by atoms with van der Waals surface area (Å²) < 4.78 is 7.42. The molecule has 2 heterocycles. The van der Waals surface area contributed by atoms with E-state index in [1.807, 2.05) is 50.5 Å². The number of hydrogen-bond donors (Lipinski definition) is 0. The Morgan fingerprint density at radius 3 is 2.72 bits per heavy atom. The van der Waals surface area contributed by atoms with Crippen molar-refractivity contribution in [1.29, 1.82) is 0 Å². The first-order chi connectivity index (χ1) is 15.3. The highest BCUT2D eigenvalue weighted by Gasteiger charge is 2.29. The maximum absolute atomic E-state index is 13.9. The van der Waals surface area contributed by atoms with E-state index in [0.29, 0.717) is 39.3 Å². The van der Waals surface area contributed by atoms with Crippen molar-refractivity contribution in [3.05, 3.63) is 63.3 Å². The van der Waals surface area contributed by atoms with Crippen LogP contribution >= 0.6 is 38.9 Å². The second-order valence-corrected chi connectivity index (χ2v) is 10.00. The predicted molar refractivity (Wildman–Crippen MR) is 134 cm³/mol. The van der Waals surface area contributed by atoms with Crippen molar-refractivity contribution in [2.45, 2.75) is 13.3 Å². The van der Waals surface area contributed by atoms with Gasteiger partial charge in [-0.3, -0.25) is 9.69 Å². The van der Waals surface area contributed by atoms with Crippen molar-refractivity contribution in [1.82, 2.24) is 15.0 Å². The van der Waals surface area contributed by atoms with Crippen LogP contribution in [0.15, 0.2) is 51.5 Å². The summed E-state index contributed by atoms with van der Waals surface area (Å²) in [5, 5.41) is 5.33. The molecule has 4 rings (SSSR count). The van der Waals surface area contributed by atoms with Crippen molar-refractivity contribution >= 4 is 60.1 Å². The topological polar surface area (TPSA) is 62.5 Å². The molecule has 1 amide bonds. The molecule has 0 aliphatic carbocycles. The van der Waals surface area contributed by atoms with Crippen LogP contribution in [0.5, 0.6) is 0 Å². The minimum Gasteiger partial charge on any atom is -0.360 e. The first-order valence-electron chi connectivity index (χ1n) is 10.1. The number of benzene rings is 2. The highest BCUT2D eigenvalue weighted by Crippen LogP contribution is 2.35. The Balaban J connectivity index is 1.77. The lowest BCUT2D eigenvalue weighted by Gasteiger charge is -2.21. The number of aryl methyl sites for hydroxylation is 1. The molecule has 9 heteroatoms. The molecule has 2 aromatic heterocycles. The smallest absolute Gasteiger partial charge is 0.265 e. The molecule has 32 heavy (non-hydrogen) atoms. The highest BCUT2D eigenvalue weighted by atomic mass is 79.9. The van der Waals surface area contributed by atoms with Gasteiger partial charge in [0, 0.05) is 16.6 Å². The maximum Gasteiger partial charge on any atom is 0.265 e. The van der Waals surface area contributed by atoms with Gasteiger partial charge < -0.3 is 9.42 Å². The van der Waals surface area contributed by atoms with Crippen LogP contribution in [0.4, 0.5) is 5.13 Å². The van der Waals surface area contributed by atoms with Crippen molar-refractivity contribution in [3.63, 3.8) is 0 Å². The Morgan fingerprint density at radius 1 is 1.19 bits per heavy atom. The molecule has 2 aromatic carbocycles. The summed E-state index contributed by atoms with van der Waals surface area (Å²) in [7, 11) is 4.03. The van der Waals surface area contributed by atoms with Crippen LogP contribution in [-0.4, -0.2) is 48.1 Å². The van der Waals surface area contributed by atoms with Crippen LogP contribution in [0.2, 0.25) is 5.02 Å². The molecule has 0 unspecified atom stereocenters. The molecule has 0 radical (unpaired) electrons. The second kappa shape index (κ2) is 9.70. The standard InChI is InChI=1S/C23H22BrClN4O2S/c1-14-20(21(27-31-14)16-7-4-5-8-17(16)25)22(30)29(12-6-11-28(2)3)23-26-18-10-9-15(24)13-19(18)32-23/h4-5,7-10,13H,6,11-12H2,1-3H3. The summed E-state index contributed by atoms with van der Waals surface area (Å²) in [6.45, 7) is 3.11. The third-order valence-electron chi connectivity index (χ3n) is 5.01. The van der Waals surface area contributed by atoms with Crippen LogP contribution < -0.4 is 4.90 Å². The molecule has 0 aliphatic rings. The fourth-order valence-electron chi connectivity index (χ4n) is 3.43. The van der Waals surface area contributed by atoms with Gasteiger partial charge in [-0.1, -0.05) is 62.2 Å². The van der Waals surface area contributed by atoms with Gasteiger partial charge in [-0.05, 0) is 58.3 Å². The van der Waals surface area contributed by atoms with E-state index in [9.17, 15) is 4.79 Å². The van der Waals surface area contributed by atoms with Gasteiger partial charge in [0.1, 0.15) is 17.0 Å². The zero-order chi connectivity index (χ0) is 22.8. The Hall–Kier alpha value is -2.26. The van der Waals surface area contributed by atoms with E-state index in [1.54, 1.807) is 17.9 Å². The lowest BCUT2D eigenvalue weighted by molar-refractivity contribution is 0.0985. The molecular weight excluding hydrogens is 512 g/mol. The minimum absolute atomic E-state index is 0.199. The summed E-state index contributed by atoms with van der Waals surface area (Å²) in [6.07, 6.45) is 0.796. The average Bonchev–Trinajstić information content (AvgIpc) is 3.33. The molecule has 0 bridgehead atoms. The summed E-state index contributed by atoms with van der Waals surface area (Å²) in [5.74, 6) is 0.252. The van der Waals surface area contributed by atoms with Crippen LogP contribution in [0.25, 0.3) is 21.5 Å². The van der Waals surface area contributed by atoms with E-state index in [2.05, 4.69) is 26.0 Å². The van der Waals surface area contributed by atoms with E-state index in [1.165, 1.54) is 11.3 Å². The van der Waals surface area contributed by atoms with Crippen molar-refractivity contribution in [2.24, 2.45) is 0 Å². The first kappa shape index (κ1) is 22.9. The fraction of sp³-hybridized carbons (Fsp3) is 0.261. The van der Waals surface area contributed by atoms with Crippen molar-refractivity contribution in [3.8, 4) is 11.3 Å². The van der Waals surface area contributed by atoms with Gasteiger partial charge in [0.2, 0.25) is 0 Å². The number of aromatic nitrogens is 2. The largest absolute Gasteiger partial charge is 0.360 e. The Morgan fingerprint density at radius 2 is 1.97 bits per heavy atom. The zero-order valence-corrected chi connectivity index (χ0v) is 21.1. The molecule has 0 saturated heterocycles. The first-order valence-corrected chi connectivity index (χ1v) is 12.1. The number of carbonyl (C=O) groups is 1. The fourth-order valence-corrected chi connectivity index (χ4v) is 5.19. The number of fused-ring (bicyclic) bond motifs is 1. The molecule has 0 saturated carbocycles. The maximum atomic E-state index is 13.9. The lowest BCUT2D eigenvalue weighted by atomic mass is 10.1. The molecule has 166 valence electrons. The zero-order valence-electron chi connectivity index (χ0n) is 17.9. The van der Waals surface area contributed by atoms with Gasteiger partial charge in [0.05, 0.1) is 15.2 Å². The van der Waals surface area contributed by atoms with Crippen LogP contribution in [-0.2, 0) is 0 Å². The summed E-state index contributed by atoms with van der Waals surface area (Å²) in [4.78, 5) is 22.4. The number of carbonyl (C=O) groups excluding carboxylic acids is 1. The average molecular weight is 534 g/mol. The van der Waals surface area contributed by atoms with Gasteiger partial charge in [-0.25, -0.2) is 4.98 Å². The van der Waals surface area contributed by atoms with E-state index in [0.717, 1.165) is 27.7 Å². The monoisotopic (exact) mass is 532 g/mol. The summed E-state index contributed by atoms with van der Waals surface area (Å²) >= 11 is 11.4. The molecule has 6 nitrogen and oxygen atoms in total. The minimum atomic E-state index is -0.199. The number of nitrogens with zero attached hydrogens (tertiary/aromatic N) is 4. The molecule has 0 aliphatic heterocycles. The number of hydrogen-bond acceptors (Lipinski definition) is 6. The molecule has 0 atom stereocenters. The molecule has 0 spiro atoms. The van der Waals surface area contributed by atoms with Gasteiger partial charge in [-0.2, -0.15) is 0 Å². The van der Waals surface area contributed by atoms with Gasteiger partial charge in [0.25, 0.3) is 5.91 Å². The molecule has 0 N–H and O–H groups in total. The van der Waals surface area contributed by atoms with Gasteiger partial charge in [0.15, 0.2) is 5.13 Å². The van der Waals surface area contributed by atoms with Gasteiger partial charge in [-0.15, -0.1) is 0 Å². The number of rotatable bonds is 7. The molecule has 4 aromatic rings. The third kappa shape index (κ3) is 4.73. The normalized spacial score (nSPS) is 11.4. The van der Waals surface area contributed by atoms with Crippen LogP contribution in [0.3, 0.4) is 0 Å². The number of thiazole rings is 1. The summed E-state index contributed by atoms with van der Waals surface area (Å²) in [5.41, 5.74) is 2.37. The Kier molecular flexibility index (Phi) is 6.95. The SMILES string of the molecule is Cc1onc(-c2ccccc2Cl)c1C(=O)N(CCCN(C)C)c1nc2ccc(Br)cc2s1. The summed E-state index contributed by atoms with van der Waals surface area (Å²) in [6, 6.07) is 13.2. The number of amides is 1. The van der Waals surface area contributed by atoms with Gasteiger partial charge >= 0.3 is 0 Å². The van der Waals surface area contributed by atoms with Crippen LogP contribution in [0, 0.1) is 6.92 Å². The van der Waals surface area contributed by atoms with Crippen molar-refractivity contribution in [2.75, 3.05) is 32.1 Å². The van der Waals surface area contributed by atoms with E-state index in [4.69, 9.17) is 21.1 Å². The van der Waals surface area contributed by atoms with Crippen molar-refractivity contribution < 1.29 is 9.32 Å². The predicted octanol–water partition coefficient (Wildman–Crippen LogP) is 6.27. The Labute approximate surface area is 203 Å². The second-order valence-electron chi connectivity index (χ2n) is 7.66. The Bertz CT molecular complexity index is 1270. The van der Waals surface area contributed by atoms with E-state index < -0.39 is 0 Å². The third-order valence-corrected chi connectivity index (χ3v) is 6.87. The number of anilines is 1. The highest BCUT2D eigenvalue weighted by molar-refractivity contribution is 9.10. The quantitative estimate of drug-likeness (QED) is 0.280. The lowest BCUT2D eigenvalue weighted by Crippen LogP contribution is -2.34. The van der Waals surface area contributed by atoms with E-state index >= 15 is 0 Å². The molecular formula is C23H22BrClN4O2S. The van der Waals surface area contributed by atoms with E-state index in [-0.39, 0.29) is 5.91 Å². The van der Waals surface area contributed by atoms with Crippen LogP contribution in [0.1, 0.15) is 22.5 Å².